The molecule has 2 heterocycles. The first-order chi connectivity index (χ1) is 12.8. The van der Waals surface area contributed by atoms with E-state index >= 15 is 0 Å². The maximum absolute atomic E-state index is 5.26. The fourth-order valence-corrected chi connectivity index (χ4v) is 3.39. The molecule has 2 aromatic heterocycles. The second-order valence-corrected chi connectivity index (χ2v) is 6.96. The quantitative estimate of drug-likeness (QED) is 0.371. The van der Waals surface area contributed by atoms with Crippen LogP contribution in [0.5, 0.6) is 0 Å². The van der Waals surface area contributed by atoms with E-state index in [9.17, 15) is 0 Å². The summed E-state index contributed by atoms with van der Waals surface area (Å²) in [4.78, 5) is 0. The summed E-state index contributed by atoms with van der Waals surface area (Å²) in [7, 11) is 0. The standard InChI is InChI=1S/C21H12BrN3O/c22-17-9-7-14(8-10-17)20-21-18(12-26-25-21)19(23-24-20)16-6-5-13-3-1-2-4-15(13)11-16/h1-12H. The van der Waals surface area contributed by atoms with E-state index in [1.165, 1.54) is 5.39 Å². The number of fused-ring (bicyclic) bond motifs is 2. The second kappa shape index (κ2) is 6.04. The molecule has 0 fully saturated rings. The SMILES string of the molecule is Brc1ccc(-c2nnc(-c3ccc4ccccc4c3)c3conc23)cc1. The number of benzene rings is 3. The van der Waals surface area contributed by atoms with Crippen LogP contribution >= 0.6 is 15.9 Å². The van der Waals surface area contributed by atoms with Gasteiger partial charge in [0.25, 0.3) is 0 Å². The predicted molar refractivity (Wildman–Crippen MR) is 106 cm³/mol. The molecule has 4 nitrogen and oxygen atoms in total. The fourth-order valence-electron chi connectivity index (χ4n) is 3.13. The lowest BCUT2D eigenvalue weighted by atomic mass is 10.0. The van der Waals surface area contributed by atoms with E-state index in [0.717, 1.165) is 32.1 Å². The van der Waals surface area contributed by atoms with Crippen LogP contribution in [0.2, 0.25) is 0 Å². The van der Waals surface area contributed by atoms with Gasteiger partial charge in [0.1, 0.15) is 23.2 Å². The lowest BCUT2D eigenvalue weighted by Gasteiger charge is -2.06. The van der Waals surface area contributed by atoms with Gasteiger partial charge in [-0.2, -0.15) is 0 Å². The Morgan fingerprint density at radius 2 is 1.46 bits per heavy atom. The third-order valence-corrected chi connectivity index (χ3v) is 4.97. The first-order valence-electron chi connectivity index (χ1n) is 8.15. The van der Waals surface area contributed by atoms with Gasteiger partial charge in [0, 0.05) is 15.6 Å². The van der Waals surface area contributed by atoms with E-state index in [-0.39, 0.29) is 0 Å². The molecule has 3 aromatic carbocycles. The minimum atomic E-state index is 0.713. The molecule has 0 spiro atoms. The smallest absolute Gasteiger partial charge is 0.144 e. The van der Waals surface area contributed by atoms with Gasteiger partial charge < -0.3 is 4.52 Å². The highest BCUT2D eigenvalue weighted by Gasteiger charge is 2.16. The maximum atomic E-state index is 5.26. The number of halogens is 1. The van der Waals surface area contributed by atoms with Crippen molar-refractivity contribution in [3.05, 3.63) is 77.5 Å². The van der Waals surface area contributed by atoms with Gasteiger partial charge >= 0.3 is 0 Å². The molecule has 124 valence electrons. The molecule has 5 aromatic rings. The lowest BCUT2D eigenvalue weighted by molar-refractivity contribution is 0.428. The third-order valence-electron chi connectivity index (χ3n) is 4.44. The van der Waals surface area contributed by atoms with Gasteiger partial charge in [0.05, 0.1) is 5.39 Å². The molecule has 0 N–H and O–H groups in total. The zero-order valence-electron chi connectivity index (χ0n) is 13.6. The summed E-state index contributed by atoms with van der Waals surface area (Å²) in [6, 6.07) is 22.4. The lowest BCUT2D eigenvalue weighted by Crippen LogP contribution is -1.94. The topological polar surface area (TPSA) is 51.8 Å². The summed E-state index contributed by atoms with van der Waals surface area (Å²) in [5, 5.41) is 16.3. The number of rotatable bonds is 2. The fraction of sp³-hybridized carbons (Fsp3) is 0. The highest BCUT2D eigenvalue weighted by Crippen LogP contribution is 2.33. The number of hydrogen-bond donors (Lipinski definition) is 0. The number of nitrogens with zero attached hydrogens (tertiary/aromatic N) is 3. The minimum Gasteiger partial charge on any atom is -0.363 e. The number of aromatic nitrogens is 3. The summed E-state index contributed by atoms with van der Waals surface area (Å²) in [5.41, 5.74) is 4.14. The molecule has 0 radical (unpaired) electrons. The van der Waals surface area contributed by atoms with Gasteiger partial charge in [-0.3, -0.25) is 0 Å². The molecule has 5 rings (SSSR count). The van der Waals surface area contributed by atoms with Gasteiger partial charge in [-0.1, -0.05) is 69.6 Å². The largest absolute Gasteiger partial charge is 0.363 e. The van der Waals surface area contributed by atoms with Crippen LogP contribution in [0.15, 0.2) is 82.0 Å². The van der Waals surface area contributed by atoms with Gasteiger partial charge in [-0.05, 0) is 29.0 Å². The van der Waals surface area contributed by atoms with Crippen molar-refractivity contribution in [3.8, 4) is 22.5 Å². The third kappa shape index (κ3) is 2.48. The minimum absolute atomic E-state index is 0.713. The molecule has 0 aliphatic rings. The van der Waals surface area contributed by atoms with Crippen molar-refractivity contribution in [1.29, 1.82) is 0 Å². The van der Waals surface area contributed by atoms with Crippen LogP contribution in [0.3, 0.4) is 0 Å². The van der Waals surface area contributed by atoms with Crippen molar-refractivity contribution < 1.29 is 4.52 Å². The molecule has 0 aliphatic carbocycles. The zero-order chi connectivity index (χ0) is 17.5. The molecule has 0 bridgehead atoms. The molecule has 0 saturated carbocycles. The monoisotopic (exact) mass is 401 g/mol. The van der Waals surface area contributed by atoms with Crippen LogP contribution in [0.1, 0.15) is 0 Å². The Labute approximate surface area is 157 Å². The summed E-state index contributed by atoms with van der Waals surface area (Å²) < 4.78 is 6.27. The zero-order valence-corrected chi connectivity index (χ0v) is 15.1. The van der Waals surface area contributed by atoms with Crippen LogP contribution in [0.4, 0.5) is 0 Å². The first-order valence-corrected chi connectivity index (χ1v) is 8.95. The Morgan fingerprint density at radius 3 is 2.31 bits per heavy atom. The Morgan fingerprint density at radius 1 is 0.731 bits per heavy atom. The molecule has 0 atom stereocenters. The van der Waals surface area contributed by atoms with Crippen LogP contribution in [0, 0.1) is 0 Å². The molecule has 0 amide bonds. The molecular formula is C21H12BrN3O. The van der Waals surface area contributed by atoms with Crippen molar-refractivity contribution in [3.63, 3.8) is 0 Å². The molecule has 0 saturated heterocycles. The van der Waals surface area contributed by atoms with Gasteiger partial charge in [-0.15, -0.1) is 10.2 Å². The van der Waals surface area contributed by atoms with Crippen LogP contribution in [-0.4, -0.2) is 15.4 Å². The Balaban J connectivity index is 1.71. The van der Waals surface area contributed by atoms with Crippen LogP contribution < -0.4 is 0 Å². The van der Waals surface area contributed by atoms with E-state index < -0.39 is 0 Å². The van der Waals surface area contributed by atoms with Gasteiger partial charge in [0.15, 0.2) is 0 Å². The van der Waals surface area contributed by atoms with E-state index in [0.29, 0.717) is 11.2 Å². The predicted octanol–water partition coefficient (Wildman–Crippen LogP) is 5.87. The molecular weight excluding hydrogens is 390 g/mol. The average molecular weight is 402 g/mol. The summed E-state index contributed by atoms with van der Waals surface area (Å²) >= 11 is 3.45. The summed E-state index contributed by atoms with van der Waals surface area (Å²) in [5.74, 6) is 0. The van der Waals surface area contributed by atoms with Crippen molar-refractivity contribution in [2.45, 2.75) is 0 Å². The summed E-state index contributed by atoms with van der Waals surface area (Å²) in [6.07, 6.45) is 1.64. The Kier molecular flexibility index (Phi) is 3.53. The second-order valence-electron chi connectivity index (χ2n) is 6.04. The maximum Gasteiger partial charge on any atom is 0.144 e. The van der Waals surface area contributed by atoms with E-state index in [1.807, 2.05) is 36.4 Å². The van der Waals surface area contributed by atoms with Crippen molar-refractivity contribution in [2.24, 2.45) is 0 Å². The molecule has 0 unspecified atom stereocenters. The highest BCUT2D eigenvalue weighted by molar-refractivity contribution is 9.10. The normalized spacial score (nSPS) is 11.3. The van der Waals surface area contributed by atoms with E-state index in [1.54, 1.807) is 6.26 Å². The molecule has 0 aliphatic heterocycles. The Bertz CT molecular complexity index is 1250. The first kappa shape index (κ1) is 15.2. The summed E-state index contributed by atoms with van der Waals surface area (Å²) in [6.45, 7) is 0. The van der Waals surface area contributed by atoms with Crippen LogP contribution in [0.25, 0.3) is 44.2 Å². The van der Waals surface area contributed by atoms with E-state index in [2.05, 4.69) is 61.6 Å². The Hall–Kier alpha value is -3.05. The van der Waals surface area contributed by atoms with Gasteiger partial charge in [-0.25, -0.2) is 0 Å². The van der Waals surface area contributed by atoms with Crippen molar-refractivity contribution in [1.82, 2.24) is 15.4 Å². The molecule has 5 heteroatoms. The number of hydrogen-bond acceptors (Lipinski definition) is 4. The van der Waals surface area contributed by atoms with E-state index in [4.69, 9.17) is 4.52 Å². The van der Waals surface area contributed by atoms with Crippen LogP contribution in [-0.2, 0) is 0 Å². The average Bonchev–Trinajstić information content (AvgIpc) is 3.17. The van der Waals surface area contributed by atoms with Crippen molar-refractivity contribution in [2.75, 3.05) is 0 Å². The molecule has 26 heavy (non-hydrogen) atoms. The highest BCUT2D eigenvalue weighted by atomic mass is 79.9. The van der Waals surface area contributed by atoms with Crippen molar-refractivity contribution >= 4 is 37.6 Å². The van der Waals surface area contributed by atoms with Gasteiger partial charge in [0.2, 0.25) is 0 Å².